The number of halogens is 4. The van der Waals surface area contributed by atoms with Crippen LogP contribution in [0.2, 0.25) is 0 Å². The van der Waals surface area contributed by atoms with Crippen LogP contribution in [0.4, 0.5) is 8.78 Å². The van der Waals surface area contributed by atoms with Gasteiger partial charge in [-0.2, -0.15) is 0 Å². The lowest BCUT2D eigenvalue weighted by Gasteiger charge is -2.02. The quantitative estimate of drug-likeness (QED) is 0.436. The van der Waals surface area contributed by atoms with E-state index in [2.05, 4.69) is 4.74 Å². The smallest absolute Gasteiger partial charge is 0.341 e. The fourth-order valence-electron chi connectivity index (χ4n) is 1.53. The van der Waals surface area contributed by atoms with E-state index in [9.17, 15) is 18.4 Å². The minimum Gasteiger partial charge on any atom is -0.478 e. The van der Waals surface area contributed by atoms with Crippen LogP contribution in [0, 0.1) is 18.8 Å². The van der Waals surface area contributed by atoms with Crippen LogP contribution in [-0.4, -0.2) is 23.7 Å². The van der Waals surface area contributed by atoms with Crippen LogP contribution in [0.15, 0.2) is 36.4 Å². The summed E-state index contributed by atoms with van der Waals surface area (Å²) in [5.41, 5.74) is -0.298. The van der Waals surface area contributed by atoms with Crippen molar-refractivity contribution in [3.63, 3.8) is 0 Å². The number of carboxylic acids is 1. The van der Waals surface area contributed by atoms with Crippen molar-refractivity contribution in [1.29, 1.82) is 0 Å². The van der Waals surface area contributed by atoms with Crippen LogP contribution in [0.25, 0.3) is 0 Å². The van der Waals surface area contributed by atoms with E-state index in [1.807, 2.05) is 45.2 Å². The first-order valence-corrected chi connectivity index (χ1v) is 8.72. The zero-order chi connectivity index (χ0) is 18.3. The molecule has 4 nitrogen and oxygen atoms in total. The zero-order valence-corrected chi connectivity index (χ0v) is 16.7. The Kier molecular flexibility index (Phi) is 8.53. The van der Waals surface area contributed by atoms with Crippen LogP contribution >= 0.6 is 45.2 Å². The Morgan fingerprint density at radius 2 is 1.46 bits per heavy atom. The average molecular weight is 560 g/mol. The van der Waals surface area contributed by atoms with Crippen molar-refractivity contribution in [2.45, 2.75) is 6.92 Å². The second kappa shape index (κ2) is 9.87. The minimum absolute atomic E-state index is 0.0118. The SMILES string of the molecule is CCOC(=O)c1ccc(I)cc1F.O=C(O)c1ccc(I)cc1F. The summed E-state index contributed by atoms with van der Waals surface area (Å²) in [5, 5.41) is 8.41. The Hall–Kier alpha value is -1.30. The lowest BCUT2D eigenvalue weighted by atomic mass is 10.2. The molecule has 0 aliphatic heterocycles. The van der Waals surface area contributed by atoms with Crippen LogP contribution in [0.3, 0.4) is 0 Å². The molecule has 0 atom stereocenters. The fraction of sp³-hybridized carbons (Fsp3) is 0.125. The zero-order valence-electron chi connectivity index (χ0n) is 12.4. The topological polar surface area (TPSA) is 63.6 Å². The third kappa shape index (κ3) is 6.30. The number of carbonyl (C=O) groups excluding carboxylic acids is 1. The lowest BCUT2D eigenvalue weighted by Crippen LogP contribution is -2.07. The Balaban J connectivity index is 0.000000243. The fourth-order valence-corrected chi connectivity index (χ4v) is 2.43. The standard InChI is InChI=1S/C9H8FIO2.C7H4FIO2/c1-2-13-9(12)7-4-3-6(11)5-8(7)10;8-6-3-4(9)1-2-5(6)7(10)11/h3-5H,2H2,1H3;1-3H,(H,10,11). The Morgan fingerprint density at radius 3 is 1.83 bits per heavy atom. The predicted octanol–water partition coefficient (Wildman–Crippen LogP) is 4.74. The van der Waals surface area contributed by atoms with E-state index >= 15 is 0 Å². The molecule has 1 N–H and O–H groups in total. The molecule has 0 saturated carbocycles. The molecule has 2 rings (SSSR count). The van der Waals surface area contributed by atoms with Gasteiger partial charge in [-0.1, -0.05) is 0 Å². The molecule has 2 aromatic rings. The third-order valence-electron chi connectivity index (χ3n) is 2.59. The highest BCUT2D eigenvalue weighted by Gasteiger charge is 2.12. The van der Waals surface area contributed by atoms with E-state index in [4.69, 9.17) is 5.11 Å². The van der Waals surface area contributed by atoms with Crippen molar-refractivity contribution in [2.75, 3.05) is 6.61 Å². The van der Waals surface area contributed by atoms with Crippen LogP contribution in [-0.2, 0) is 4.74 Å². The molecule has 0 unspecified atom stereocenters. The van der Waals surface area contributed by atoms with E-state index in [-0.39, 0.29) is 17.7 Å². The van der Waals surface area contributed by atoms with Gasteiger partial charge in [0, 0.05) is 7.14 Å². The number of hydrogen-bond donors (Lipinski definition) is 1. The number of esters is 1. The Morgan fingerprint density at radius 1 is 1.00 bits per heavy atom. The molecule has 2 aromatic carbocycles. The van der Waals surface area contributed by atoms with E-state index in [1.165, 1.54) is 24.3 Å². The van der Waals surface area contributed by atoms with Crippen molar-refractivity contribution in [3.8, 4) is 0 Å². The molecule has 0 bridgehead atoms. The van der Waals surface area contributed by atoms with Crippen molar-refractivity contribution in [3.05, 3.63) is 66.3 Å². The van der Waals surface area contributed by atoms with Gasteiger partial charge in [-0.05, 0) is 88.5 Å². The summed E-state index contributed by atoms with van der Waals surface area (Å²) < 4.78 is 31.9. The van der Waals surface area contributed by atoms with Gasteiger partial charge < -0.3 is 9.84 Å². The highest BCUT2D eigenvalue weighted by molar-refractivity contribution is 14.1. The number of carboxylic acid groups (broad SMARTS) is 1. The number of benzene rings is 2. The van der Waals surface area contributed by atoms with Crippen LogP contribution in [0.1, 0.15) is 27.6 Å². The second-order valence-electron chi connectivity index (χ2n) is 4.27. The molecule has 0 aromatic heterocycles. The molecule has 8 heteroatoms. The minimum atomic E-state index is -1.24. The predicted molar refractivity (Wildman–Crippen MR) is 101 cm³/mol. The molecule has 0 aliphatic carbocycles. The van der Waals surface area contributed by atoms with Gasteiger partial charge in [0.15, 0.2) is 0 Å². The molecule has 0 amide bonds. The van der Waals surface area contributed by atoms with Gasteiger partial charge in [-0.25, -0.2) is 18.4 Å². The van der Waals surface area contributed by atoms with Crippen molar-refractivity contribution in [2.24, 2.45) is 0 Å². The summed E-state index contributed by atoms with van der Waals surface area (Å²) in [5.74, 6) is -3.08. The molecular formula is C16H12F2I2O4. The molecular weight excluding hydrogens is 548 g/mol. The highest BCUT2D eigenvalue weighted by atomic mass is 127. The largest absolute Gasteiger partial charge is 0.478 e. The summed E-state index contributed by atoms with van der Waals surface area (Å²) >= 11 is 3.89. The molecule has 0 fully saturated rings. The summed E-state index contributed by atoms with van der Waals surface area (Å²) in [6.07, 6.45) is 0. The number of ether oxygens (including phenoxy) is 1. The second-order valence-corrected chi connectivity index (χ2v) is 6.77. The first kappa shape index (κ1) is 20.7. The van der Waals surface area contributed by atoms with Crippen molar-refractivity contribution < 1.29 is 28.2 Å². The molecule has 0 radical (unpaired) electrons. The van der Waals surface area contributed by atoms with Gasteiger partial charge in [0.05, 0.1) is 17.7 Å². The summed E-state index contributed by atoms with van der Waals surface area (Å²) in [6.45, 7) is 1.94. The Labute approximate surface area is 164 Å². The van der Waals surface area contributed by atoms with E-state index < -0.39 is 23.6 Å². The number of aromatic carboxylic acids is 1. The maximum absolute atomic E-state index is 13.1. The van der Waals surface area contributed by atoms with Crippen LogP contribution < -0.4 is 0 Å². The highest BCUT2D eigenvalue weighted by Crippen LogP contribution is 2.13. The normalized spacial score (nSPS) is 9.71. The molecule has 0 heterocycles. The van der Waals surface area contributed by atoms with Gasteiger partial charge in [-0.15, -0.1) is 0 Å². The summed E-state index contributed by atoms with van der Waals surface area (Å²) in [7, 11) is 0. The first-order valence-electron chi connectivity index (χ1n) is 6.56. The van der Waals surface area contributed by atoms with Crippen molar-refractivity contribution in [1.82, 2.24) is 0 Å². The van der Waals surface area contributed by atoms with Crippen LogP contribution in [0.5, 0.6) is 0 Å². The molecule has 0 spiro atoms. The average Bonchev–Trinajstić information content (AvgIpc) is 2.47. The number of carbonyl (C=O) groups is 2. The van der Waals surface area contributed by atoms with Crippen molar-refractivity contribution >= 4 is 57.1 Å². The summed E-state index contributed by atoms with van der Waals surface area (Å²) in [4.78, 5) is 21.4. The summed E-state index contributed by atoms with van der Waals surface area (Å²) in [6, 6.07) is 8.37. The molecule has 0 aliphatic rings. The number of hydrogen-bond acceptors (Lipinski definition) is 3. The first-order chi connectivity index (χ1) is 11.3. The van der Waals surface area contributed by atoms with Gasteiger partial charge in [0.2, 0.25) is 0 Å². The van der Waals surface area contributed by atoms with E-state index in [1.54, 1.807) is 19.1 Å². The molecule has 0 saturated heterocycles. The lowest BCUT2D eigenvalue weighted by molar-refractivity contribution is 0.0520. The Bertz CT molecular complexity index is 751. The number of rotatable bonds is 3. The molecule has 128 valence electrons. The van der Waals surface area contributed by atoms with Gasteiger partial charge in [0.25, 0.3) is 0 Å². The monoisotopic (exact) mass is 560 g/mol. The maximum Gasteiger partial charge on any atom is 0.341 e. The van der Waals surface area contributed by atoms with E-state index in [0.717, 1.165) is 3.57 Å². The van der Waals surface area contributed by atoms with Gasteiger partial charge in [0.1, 0.15) is 11.6 Å². The van der Waals surface area contributed by atoms with Gasteiger partial charge >= 0.3 is 11.9 Å². The third-order valence-corrected chi connectivity index (χ3v) is 3.93. The van der Waals surface area contributed by atoms with E-state index in [0.29, 0.717) is 3.57 Å². The molecule has 24 heavy (non-hydrogen) atoms. The van der Waals surface area contributed by atoms with Gasteiger partial charge in [-0.3, -0.25) is 0 Å². The maximum atomic E-state index is 13.1.